The van der Waals surface area contributed by atoms with Crippen LogP contribution in [0.25, 0.3) is 0 Å². The van der Waals surface area contributed by atoms with Crippen LogP contribution in [-0.4, -0.2) is 11.7 Å². The first-order chi connectivity index (χ1) is 6.72. The Balaban J connectivity index is 2.02. The lowest BCUT2D eigenvalue weighted by Crippen LogP contribution is -2.10. The third-order valence-electron chi connectivity index (χ3n) is 2.93. The second kappa shape index (κ2) is 3.75. The quantitative estimate of drug-likeness (QED) is 0.770. The molecule has 0 bridgehead atoms. The third-order valence-corrected chi connectivity index (χ3v) is 2.93. The Kier molecular flexibility index (Phi) is 2.61. The van der Waals surface area contributed by atoms with Gasteiger partial charge in [-0.15, -0.1) is 0 Å². The summed E-state index contributed by atoms with van der Waals surface area (Å²) in [5.74, 6) is 3.21. The lowest BCUT2D eigenvalue weighted by Gasteiger charge is -2.05. The number of nitrogens with two attached hydrogens (primary N) is 1. The summed E-state index contributed by atoms with van der Waals surface area (Å²) >= 11 is 0. The number of furan rings is 1. The Labute approximate surface area is 83.9 Å². The predicted molar refractivity (Wildman–Crippen MR) is 53.9 cm³/mol. The highest BCUT2D eigenvalue weighted by molar-refractivity contribution is 5.19. The molecule has 0 spiro atoms. The molecule has 3 heteroatoms. The van der Waals surface area contributed by atoms with Gasteiger partial charge in [-0.3, -0.25) is 0 Å². The van der Waals surface area contributed by atoms with Gasteiger partial charge in [-0.2, -0.15) is 0 Å². The average Bonchev–Trinajstić information content (AvgIpc) is 2.70. The molecule has 3 nitrogen and oxygen atoms in total. The number of hydrogen-bond donors (Lipinski definition) is 2. The van der Waals surface area contributed by atoms with Gasteiger partial charge in [0.25, 0.3) is 0 Å². The van der Waals surface area contributed by atoms with Crippen molar-refractivity contribution in [2.45, 2.75) is 31.7 Å². The molecule has 0 radical (unpaired) electrons. The molecule has 3 unspecified atom stereocenters. The summed E-state index contributed by atoms with van der Waals surface area (Å²) in [7, 11) is 0. The maximum absolute atomic E-state index is 8.75. The minimum Gasteiger partial charge on any atom is -0.464 e. The second-order valence-corrected chi connectivity index (χ2v) is 4.18. The summed E-state index contributed by atoms with van der Waals surface area (Å²) in [6.07, 6.45) is 1.79. The summed E-state index contributed by atoms with van der Waals surface area (Å²) < 4.78 is 5.66. The standard InChI is InChI=1S/C11H17NO2/c1-7-6-8(7)10-2-3-11(14-10)9(12)4-5-13/h2-3,7-9,13H,4-6,12H2,1H3. The lowest BCUT2D eigenvalue weighted by molar-refractivity contribution is 0.267. The van der Waals surface area contributed by atoms with Crippen molar-refractivity contribution in [3.63, 3.8) is 0 Å². The molecule has 1 fully saturated rings. The maximum atomic E-state index is 8.75. The van der Waals surface area contributed by atoms with Crippen LogP contribution < -0.4 is 5.73 Å². The van der Waals surface area contributed by atoms with Crippen LogP contribution in [-0.2, 0) is 0 Å². The number of aliphatic hydroxyl groups excluding tert-OH is 1. The Bertz CT molecular complexity index is 308. The summed E-state index contributed by atoms with van der Waals surface area (Å²) in [6.45, 7) is 2.33. The van der Waals surface area contributed by atoms with E-state index in [1.165, 1.54) is 6.42 Å². The molecule has 0 aliphatic heterocycles. The maximum Gasteiger partial charge on any atom is 0.120 e. The first-order valence-electron chi connectivity index (χ1n) is 5.18. The van der Waals surface area contributed by atoms with E-state index in [2.05, 4.69) is 6.92 Å². The molecule has 78 valence electrons. The molecule has 0 amide bonds. The van der Waals surface area contributed by atoms with Crippen LogP contribution in [0, 0.1) is 5.92 Å². The van der Waals surface area contributed by atoms with E-state index in [9.17, 15) is 0 Å². The first kappa shape index (κ1) is 9.74. The van der Waals surface area contributed by atoms with Gasteiger partial charge in [-0.05, 0) is 30.9 Å². The molecule has 1 aliphatic rings. The summed E-state index contributed by atoms with van der Waals surface area (Å²) in [6, 6.07) is 3.78. The highest BCUT2D eigenvalue weighted by Crippen LogP contribution is 2.47. The summed E-state index contributed by atoms with van der Waals surface area (Å²) in [4.78, 5) is 0. The van der Waals surface area contributed by atoms with E-state index >= 15 is 0 Å². The summed E-state index contributed by atoms with van der Waals surface area (Å²) in [5, 5.41) is 8.75. The molecule has 3 atom stereocenters. The average molecular weight is 195 g/mol. The molecule has 1 aromatic heterocycles. The van der Waals surface area contributed by atoms with E-state index in [1.54, 1.807) is 0 Å². The van der Waals surface area contributed by atoms with Gasteiger partial charge < -0.3 is 15.3 Å². The van der Waals surface area contributed by atoms with Gasteiger partial charge in [0.05, 0.1) is 6.04 Å². The molecular formula is C11H17NO2. The first-order valence-corrected chi connectivity index (χ1v) is 5.18. The molecule has 0 saturated heterocycles. The van der Waals surface area contributed by atoms with Crippen molar-refractivity contribution < 1.29 is 9.52 Å². The van der Waals surface area contributed by atoms with Gasteiger partial charge in [0.2, 0.25) is 0 Å². The van der Waals surface area contributed by atoms with Gasteiger partial charge in [0.15, 0.2) is 0 Å². The molecule has 3 N–H and O–H groups in total. The molecule has 14 heavy (non-hydrogen) atoms. The molecule has 1 heterocycles. The van der Waals surface area contributed by atoms with Crippen molar-refractivity contribution in [2.75, 3.05) is 6.61 Å². The Morgan fingerprint density at radius 2 is 2.36 bits per heavy atom. The smallest absolute Gasteiger partial charge is 0.120 e. The fourth-order valence-corrected chi connectivity index (χ4v) is 1.77. The van der Waals surface area contributed by atoms with Crippen LogP contribution in [0.4, 0.5) is 0 Å². The van der Waals surface area contributed by atoms with Crippen molar-refractivity contribution in [1.82, 2.24) is 0 Å². The lowest BCUT2D eigenvalue weighted by atomic mass is 10.2. The highest BCUT2D eigenvalue weighted by atomic mass is 16.3. The van der Waals surface area contributed by atoms with Crippen molar-refractivity contribution in [3.05, 3.63) is 23.7 Å². The monoisotopic (exact) mass is 195 g/mol. The van der Waals surface area contributed by atoms with Crippen LogP contribution in [0.2, 0.25) is 0 Å². The van der Waals surface area contributed by atoms with Crippen molar-refractivity contribution >= 4 is 0 Å². The second-order valence-electron chi connectivity index (χ2n) is 4.18. The van der Waals surface area contributed by atoms with Crippen molar-refractivity contribution in [3.8, 4) is 0 Å². The molecule has 1 saturated carbocycles. The summed E-state index contributed by atoms with van der Waals surface area (Å²) in [5.41, 5.74) is 5.82. The zero-order valence-electron chi connectivity index (χ0n) is 8.44. The van der Waals surface area contributed by atoms with E-state index < -0.39 is 0 Å². The van der Waals surface area contributed by atoms with Gasteiger partial charge in [-0.1, -0.05) is 6.92 Å². The number of aliphatic hydroxyl groups is 1. The Morgan fingerprint density at radius 3 is 2.93 bits per heavy atom. The fraction of sp³-hybridized carbons (Fsp3) is 0.636. The van der Waals surface area contributed by atoms with Crippen LogP contribution in [0.3, 0.4) is 0 Å². The minimum atomic E-state index is -0.164. The van der Waals surface area contributed by atoms with E-state index in [-0.39, 0.29) is 12.6 Å². The number of rotatable bonds is 4. The van der Waals surface area contributed by atoms with Crippen LogP contribution in [0.15, 0.2) is 16.5 Å². The molecule has 1 aromatic rings. The van der Waals surface area contributed by atoms with Crippen LogP contribution in [0.1, 0.15) is 43.2 Å². The normalized spacial score (nSPS) is 27.6. The highest BCUT2D eigenvalue weighted by Gasteiger charge is 2.36. The van der Waals surface area contributed by atoms with Crippen molar-refractivity contribution in [1.29, 1.82) is 0 Å². The van der Waals surface area contributed by atoms with E-state index in [4.69, 9.17) is 15.3 Å². The predicted octanol–water partition coefficient (Wildman–Crippen LogP) is 1.79. The molecular weight excluding hydrogens is 178 g/mol. The number of hydrogen-bond acceptors (Lipinski definition) is 3. The van der Waals surface area contributed by atoms with Gasteiger partial charge in [-0.25, -0.2) is 0 Å². The third kappa shape index (κ3) is 1.83. The minimum absolute atomic E-state index is 0.108. The zero-order chi connectivity index (χ0) is 10.1. The Hall–Kier alpha value is -0.800. The van der Waals surface area contributed by atoms with Gasteiger partial charge in [0.1, 0.15) is 11.5 Å². The molecule has 2 rings (SSSR count). The van der Waals surface area contributed by atoms with E-state index in [0.717, 1.165) is 17.4 Å². The topological polar surface area (TPSA) is 59.4 Å². The van der Waals surface area contributed by atoms with E-state index in [0.29, 0.717) is 12.3 Å². The van der Waals surface area contributed by atoms with E-state index in [1.807, 2.05) is 12.1 Å². The molecule has 1 aliphatic carbocycles. The van der Waals surface area contributed by atoms with Crippen molar-refractivity contribution in [2.24, 2.45) is 11.7 Å². The van der Waals surface area contributed by atoms with Gasteiger partial charge >= 0.3 is 0 Å². The fourth-order valence-electron chi connectivity index (χ4n) is 1.77. The molecule has 0 aromatic carbocycles. The largest absolute Gasteiger partial charge is 0.464 e. The van der Waals surface area contributed by atoms with Crippen LogP contribution in [0.5, 0.6) is 0 Å². The SMILES string of the molecule is CC1CC1c1ccc(C(N)CCO)o1. The Morgan fingerprint density at radius 1 is 1.64 bits per heavy atom. The van der Waals surface area contributed by atoms with Crippen LogP contribution >= 0.6 is 0 Å². The van der Waals surface area contributed by atoms with Gasteiger partial charge in [0, 0.05) is 12.5 Å². The zero-order valence-corrected chi connectivity index (χ0v) is 8.44.